The van der Waals surface area contributed by atoms with E-state index in [1.165, 1.54) is 0 Å². The SMILES string of the molecule is COc1cc2c(Cl)csc2cc1COCc1ccccc1. The Morgan fingerprint density at radius 3 is 2.67 bits per heavy atom. The average molecular weight is 319 g/mol. The van der Waals surface area contributed by atoms with Crippen molar-refractivity contribution in [2.75, 3.05) is 7.11 Å². The van der Waals surface area contributed by atoms with Crippen molar-refractivity contribution in [3.8, 4) is 5.75 Å². The summed E-state index contributed by atoms with van der Waals surface area (Å²) in [5.41, 5.74) is 2.20. The van der Waals surface area contributed by atoms with Crippen LogP contribution in [0.1, 0.15) is 11.1 Å². The Hall–Kier alpha value is -1.55. The molecule has 0 radical (unpaired) electrons. The van der Waals surface area contributed by atoms with Gasteiger partial charge in [0.2, 0.25) is 0 Å². The van der Waals surface area contributed by atoms with Crippen LogP contribution in [0.5, 0.6) is 5.75 Å². The molecule has 108 valence electrons. The topological polar surface area (TPSA) is 18.5 Å². The van der Waals surface area contributed by atoms with E-state index in [1.807, 2.05) is 29.6 Å². The van der Waals surface area contributed by atoms with Crippen LogP contribution in [0, 0.1) is 0 Å². The molecule has 3 aromatic rings. The molecule has 2 aromatic carbocycles. The van der Waals surface area contributed by atoms with Gasteiger partial charge in [-0.3, -0.25) is 0 Å². The molecule has 0 aliphatic rings. The van der Waals surface area contributed by atoms with E-state index in [1.54, 1.807) is 18.4 Å². The van der Waals surface area contributed by atoms with E-state index in [4.69, 9.17) is 21.1 Å². The Bertz CT molecular complexity index is 737. The van der Waals surface area contributed by atoms with E-state index in [0.717, 1.165) is 32.0 Å². The average Bonchev–Trinajstić information content (AvgIpc) is 2.88. The molecule has 0 saturated heterocycles. The van der Waals surface area contributed by atoms with Crippen LogP contribution < -0.4 is 4.74 Å². The standard InChI is InChI=1S/C17H15ClO2S/c1-19-16-8-14-15(18)11-21-17(14)7-13(16)10-20-9-12-5-3-2-4-6-12/h2-8,11H,9-10H2,1H3. The number of hydrogen-bond donors (Lipinski definition) is 0. The Kier molecular flexibility index (Phi) is 4.44. The van der Waals surface area contributed by atoms with Crippen molar-refractivity contribution in [1.82, 2.24) is 0 Å². The number of ether oxygens (including phenoxy) is 2. The van der Waals surface area contributed by atoms with Crippen LogP contribution in [-0.4, -0.2) is 7.11 Å². The highest BCUT2D eigenvalue weighted by molar-refractivity contribution is 7.17. The maximum absolute atomic E-state index is 6.16. The smallest absolute Gasteiger partial charge is 0.125 e. The van der Waals surface area contributed by atoms with Crippen LogP contribution in [0.4, 0.5) is 0 Å². The van der Waals surface area contributed by atoms with Crippen molar-refractivity contribution < 1.29 is 9.47 Å². The Morgan fingerprint density at radius 2 is 1.90 bits per heavy atom. The predicted molar refractivity (Wildman–Crippen MR) is 88.3 cm³/mol. The molecular formula is C17H15ClO2S. The molecule has 0 atom stereocenters. The first-order valence-corrected chi connectivity index (χ1v) is 7.89. The van der Waals surface area contributed by atoms with Gasteiger partial charge in [0.1, 0.15) is 5.75 Å². The minimum Gasteiger partial charge on any atom is -0.496 e. The van der Waals surface area contributed by atoms with Gasteiger partial charge in [-0.15, -0.1) is 11.3 Å². The van der Waals surface area contributed by atoms with Crippen LogP contribution in [0.15, 0.2) is 47.8 Å². The second-order valence-corrected chi connectivity index (χ2v) is 6.04. The van der Waals surface area contributed by atoms with Crippen molar-refractivity contribution in [2.24, 2.45) is 0 Å². The molecule has 0 aliphatic heterocycles. The van der Waals surface area contributed by atoms with Gasteiger partial charge >= 0.3 is 0 Å². The lowest BCUT2D eigenvalue weighted by atomic mass is 10.1. The predicted octanol–water partition coefficient (Wildman–Crippen LogP) is 5.28. The summed E-state index contributed by atoms with van der Waals surface area (Å²) in [6, 6.07) is 14.2. The van der Waals surface area contributed by atoms with Gasteiger partial charge < -0.3 is 9.47 Å². The lowest BCUT2D eigenvalue weighted by molar-refractivity contribution is 0.105. The second kappa shape index (κ2) is 6.48. The quantitative estimate of drug-likeness (QED) is 0.637. The van der Waals surface area contributed by atoms with Crippen molar-refractivity contribution >= 4 is 33.0 Å². The fourth-order valence-electron chi connectivity index (χ4n) is 2.22. The molecule has 0 bridgehead atoms. The summed E-state index contributed by atoms with van der Waals surface area (Å²) < 4.78 is 12.4. The minimum atomic E-state index is 0.517. The monoisotopic (exact) mass is 318 g/mol. The van der Waals surface area contributed by atoms with E-state index >= 15 is 0 Å². The molecule has 3 rings (SSSR count). The Morgan fingerprint density at radius 1 is 1.10 bits per heavy atom. The number of hydrogen-bond acceptors (Lipinski definition) is 3. The molecule has 0 N–H and O–H groups in total. The highest BCUT2D eigenvalue weighted by Crippen LogP contribution is 2.35. The van der Waals surface area contributed by atoms with Gasteiger partial charge in [-0.2, -0.15) is 0 Å². The lowest BCUT2D eigenvalue weighted by Crippen LogP contribution is -1.97. The van der Waals surface area contributed by atoms with Crippen molar-refractivity contribution in [1.29, 1.82) is 0 Å². The first kappa shape index (κ1) is 14.4. The third-order valence-electron chi connectivity index (χ3n) is 3.30. The van der Waals surface area contributed by atoms with Gasteiger partial charge in [0, 0.05) is 21.0 Å². The number of methoxy groups -OCH3 is 1. The maximum Gasteiger partial charge on any atom is 0.125 e. The van der Waals surface area contributed by atoms with E-state index in [0.29, 0.717) is 13.2 Å². The summed E-state index contributed by atoms with van der Waals surface area (Å²) in [4.78, 5) is 0. The molecule has 0 spiro atoms. The number of rotatable bonds is 5. The molecule has 2 nitrogen and oxygen atoms in total. The van der Waals surface area contributed by atoms with E-state index in [9.17, 15) is 0 Å². The summed E-state index contributed by atoms with van der Waals surface area (Å²) in [6.45, 7) is 1.11. The highest BCUT2D eigenvalue weighted by atomic mass is 35.5. The van der Waals surface area contributed by atoms with Crippen molar-refractivity contribution in [3.63, 3.8) is 0 Å². The molecule has 0 saturated carbocycles. The van der Waals surface area contributed by atoms with Gasteiger partial charge in [0.05, 0.1) is 25.3 Å². The third-order valence-corrected chi connectivity index (χ3v) is 4.69. The molecule has 0 fully saturated rings. The van der Waals surface area contributed by atoms with Crippen molar-refractivity contribution in [3.05, 3.63) is 64.0 Å². The molecule has 0 amide bonds. The summed E-state index contributed by atoms with van der Waals surface area (Å²) in [5.74, 6) is 0.816. The number of fused-ring (bicyclic) bond motifs is 1. The summed E-state index contributed by atoms with van der Waals surface area (Å²) in [7, 11) is 1.67. The number of benzene rings is 2. The Balaban J connectivity index is 1.76. The summed E-state index contributed by atoms with van der Waals surface area (Å²) >= 11 is 7.80. The second-order valence-electron chi connectivity index (χ2n) is 4.72. The van der Waals surface area contributed by atoms with Crippen LogP contribution in [0.3, 0.4) is 0 Å². The number of halogens is 1. The summed E-state index contributed by atoms with van der Waals surface area (Å²) in [5, 5.41) is 3.75. The first-order chi connectivity index (χ1) is 10.3. The minimum absolute atomic E-state index is 0.517. The molecular weight excluding hydrogens is 304 g/mol. The van der Waals surface area contributed by atoms with Crippen LogP contribution in [0.2, 0.25) is 5.02 Å². The molecule has 1 aromatic heterocycles. The lowest BCUT2D eigenvalue weighted by Gasteiger charge is -2.10. The van der Waals surface area contributed by atoms with Crippen LogP contribution >= 0.6 is 22.9 Å². The molecule has 1 heterocycles. The van der Waals surface area contributed by atoms with Crippen LogP contribution in [-0.2, 0) is 18.0 Å². The van der Waals surface area contributed by atoms with Gasteiger partial charge in [-0.25, -0.2) is 0 Å². The first-order valence-electron chi connectivity index (χ1n) is 6.63. The highest BCUT2D eigenvalue weighted by Gasteiger charge is 2.09. The summed E-state index contributed by atoms with van der Waals surface area (Å²) in [6.07, 6.45) is 0. The van der Waals surface area contributed by atoms with Gasteiger partial charge in [0.15, 0.2) is 0 Å². The van der Waals surface area contributed by atoms with Gasteiger partial charge in [-0.05, 0) is 17.7 Å². The molecule has 21 heavy (non-hydrogen) atoms. The van der Waals surface area contributed by atoms with Crippen molar-refractivity contribution in [2.45, 2.75) is 13.2 Å². The molecule has 0 unspecified atom stereocenters. The van der Waals surface area contributed by atoms with Gasteiger partial charge in [0.25, 0.3) is 0 Å². The maximum atomic E-state index is 6.16. The van der Waals surface area contributed by atoms with Crippen LogP contribution in [0.25, 0.3) is 10.1 Å². The fourth-order valence-corrected chi connectivity index (χ4v) is 3.43. The normalized spacial score (nSPS) is 11.0. The largest absolute Gasteiger partial charge is 0.496 e. The zero-order chi connectivity index (χ0) is 14.7. The van der Waals surface area contributed by atoms with Gasteiger partial charge in [-0.1, -0.05) is 41.9 Å². The molecule has 0 aliphatic carbocycles. The number of thiophene rings is 1. The Labute approximate surface area is 132 Å². The van der Waals surface area contributed by atoms with E-state index in [-0.39, 0.29) is 0 Å². The fraction of sp³-hybridized carbons (Fsp3) is 0.176. The third kappa shape index (κ3) is 3.21. The van der Waals surface area contributed by atoms with E-state index in [2.05, 4.69) is 18.2 Å². The van der Waals surface area contributed by atoms with E-state index < -0.39 is 0 Å². The zero-order valence-corrected chi connectivity index (χ0v) is 13.2. The zero-order valence-electron chi connectivity index (χ0n) is 11.6. The molecule has 4 heteroatoms.